The average molecular weight is 408 g/mol. The van der Waals surface area contributed by atoms with Crippen LogP contribution in [-0.2, 0) is 9.59 Å². The van der Waals surface area contributed by atoms with Gasteiger partial charge in [-0.3, -0.25) is 15.0 Å². The van der Waals surface area contributed by atoms with Crippen molar-refractivity contribution in [3.63, 3.8) is 0 Å². The van der Waals surface area contributed by atoms with Crippen LogP contribution in [0.4, 0.5) is 5.69 Å². The molecule has 0 unspecified atom stereocenters. The first-order valence-electron chi connectivity index (χ1n) is 6.98. The molecule has 0 aromatic heterocycles. The second-order valence-electron chi connectivity index (χ2n) is 5.28. The molecule has 2 aromatic rings. The van der Waals surface area contributed by atoms with Gasteiger partial charge >= 0.3 is 0 Å². The lowest BCUT2D eigenvalue weighted by molar-refractivity contribution is -0.117. The molecule has 122 valence electrons. The van der Waals surface area contributed by atoms with Crippen molar-refractivity contribution in [1.82, 2.24) is 5.43 Å². The number of hydrazine groups is 1. The van der Waals surface area contributed by atoms with E-state index in [2.05, 4.69) is 21.4 Å². The molecule has 3 rings (SSSR count). The molecule has 0 bridgehead atoms. The lowest BCUT2D eigenvalue weighted by Crippen LogP contribution is -2.35. The maximum Gasteiger partial charge on any atom is 0.282 e. The molecular formula is C17H12BrClN2O3. The monoisotopic (exact) mass is 406 g/mol. The van der Waals surface area contributed by atoms with E-state index in [4.69, 9.17) is 11.6 Å². The first-order chi connectivity index (χ1) is 11.4. The Balaban J connectivity index is 1.98. The van der Waals surface area contributed by atoms with E-state index in [-0.39, 0.29) is 11.3 Å². The Bertz CT molecular complexity index is 895. The largest absolute Gasteiger partial charge is 0.508 e. The molecule has 0 radical (unpaired) electrons. The molecule has 0 spiro atoms. The minimum atomic E-state index is -0.521. The molecule has 0 atom stereocenters. The second-order valence-corrected chi connectivity index (χ2v) is 6.54. The SMILES string of the molecule is Cc1ccc(N2NC(=O)/C(=C/c3cc(O)ccc3Br)C2=O)cc1Cl. The van der Waals surface area contributed by atoms with Crippen LogP contribution in [0.25, 0.3) is 6.08 Å². The number of aromatic hydroxyl groups is 1. The molecule has 0 aliphatic carbocycles. The van der Waals surface area contributed by atoms with Gasteiger partial charge in [0.05, 0.1) is 5.69 Å². The van der Waals surface area contributed by atoms with Crippen molar-refractivity contribution in [2.24, 2.45) is 0 Å². The molecule has 1 saturated heterocycles. The van der Waals surface area contributed by atoms with Crippen molar-refractivity contribution in [1.29, 1.82) is 0 Å². The van der Waals surface area contributed by atoms with Gasteiger partial charge < -0.3 is 5.11 Å². The predicted molar refractivity (Wildman–Crippen MR) is 95.6 cm³/mol. The molecule has 0 saturated carbocycles. The topological polar surface area (TPSA) is 69.6 Å². The summed E-state index contributed by atoms with van der Waals surface area (Å²) in [6.07, 6.45) is 1.43. The molecule has 24 heavy (non-hydrogen) atoms. The second kappa shape index (κ2) is 6.30. The van der Waals surface area contributed by atoms with Crippen molar-refractivity contribution in [3.05, 3.63) is 62.6 Å². The summed E-state index contributed by atoms with van der Waals surface area (Å²) in [5, 5.41) is 11.2. The zero-order valence-corrected chi connectivity index (χ0v) is 14.9. The fourth-order valence-corrected chi connectivity index (χ4v) is 2.79. The summed E-state index contributed by atoms with van der Waals surface area (Å²) in [5.74, 6) is -0.972. The average Bonchev–Trinajstić information content (AvgIpc) is 2.81. The fraction of sp³-hybridized carbons (Fsp3) is 0.0588. The molecule has 2 N–H and O–H groups in total. The Morgan fingerprint density at radius 1 is 1.21 bits per heavy atom. The lowest BCUT2D eigenvalue weighted by atomic mass is 10.1. The number of phenols is 1. The number of aryl methyl sites for hydroxylation is 1. The Morgan fingerprint density at radius 2 is 1.96 bits per heavy atom. The molecule has 1 heterocycles. The standard InChI is InChI=1S/C17H12BrClN2O3/c1-9-2-3-11(8-15(9)19)21-17(24)13(16(23)20-21)7-10-6-12(22)4-5-14(10)18/h2-8,22H,1H3,(H,20,23)/b13-7-. The molecule has 7 heteroatoms. The maximum atomic E-state index is 12.6. The van der Waals surface area contributed by atoms with Gasteiger partial charge in [-0.05, 0) is 54.5 Å². The maximum absolute atomic E-state index is 12.6. The Labute approximate surface area is 151 Å². The van der Waals surface area contributed by atoms with E-state index in [1.165, 1.54) is 18.2 Å². The third-order valence-electron chi connectivity index (χ3n) is 3.58. The van der Waals surface area contributed by atoms with Gasteiger partial charge in [-0.2, -0.15) is 0 Å². The summed E-state index contributed by atoms with van der Waals surface area (Å²) in [4.78, 5) is 24.7. The van der Waals surface area contributed by atoms with Crippen LogP contribution in [0.3, 0.4) is 0 Å². The van der Waals surface area contributed by atoms with Gasteiger partial charge in [0.15, 0.2) is 0 Å². The van der Waals surface area contributed by atoms with Gasteiger partial charge in [0, 0.05) is 9.50 Å². The van der Waals surface area contributed by atoms with Crippen LogP contribution in [0, 0.1) is 6.92 Å². The van der Waals surface area contributed by atoms with Crippen molar-refractivity contribution >= 4 is 51.1 Å². The minimum Gasteiger partial charge on any atom is -0.508 e. The fourth-order valence-electron chi connectivity index (χ4n) is 2.26. The number of halogens is 2. The minimum absolute atomic E-state index is 0.0296. The highest BCUT2D eigenvalue weighted by Crippen LogP contribution is 2.28. The number of carbonyl (C=O) groups is 2. The molecule has 1 aliphatic heterocycles. The Kier molecular flexibility index (Phi) is 4.34. The van der Waals surface area contributed by atoms with E-state index in [1.807, 2.05) is 6.92 Å². The predicted octanol–water partition coefficient (Wildman–Crippen LogP) is 3.58. The van der Waals surface area contributed by atoms with E-state index < -0.39 is 11.8 Å². The first kappa shape index (κ1) is 16.5. The van der Waals surface area contributed by atoms with Gasteiger partial charge in [0.1, 0.15) is 11.3 Å². The number of benzene rings is 2. The van der Waals surface area contributed by atoms with Crippen LogP contribution in [0.1, 0.15) is 11.1 Å². The zero-order chi connectivity index (χ0) is 17.4. The molecule has 1 aliphatic rings. The lowest BCUT2D eigenvalue weighted by Gasteiger charge is -2.15. The highest BCUT2D eigenvalue weighted by molar-refractivity contribution is 9.10. The van der Waals surface area contributed by atoms with Crippen LogP contribution in [0.2, 0.25) is 5.02 Å². The van der Waals surface area contributed by atoms with Crippen molar-refractivity contribution in [2.45, 2.75) is 6.92 Å². The highest BCUT2D eigenvalue weighted by Gasteiger charge is 2.34. The normalized spacial score (nSPS) is 16.0. The molecule has 2 aromatic carbocycles. The third-order valence-corrected chi connectivity index (χ3v) is 4.71. The van der Waals surface area contributed by atoms with Crippen LogP contribution in [0.5, 0.6) is 5.75 Å². The number of phenolic OH excluding ortho intramolecular Hbond substituents is 1. The summed E-state index contributed by atoms with van der Waals surface area (Å²) in [7, 11) is 0. The summed E-state index contributed by atoms with van der Waals surface area (Å²) < 4.78 is 0.658. The number of nitrogens with one attached hydrogen (secondary N) is 1. The number of carbonyl (C=O) groups excluding carboxylic acids is 2. The summed E-state index contributed by atoms with van der Waals surface area (Å²) in [5.41, 5.74) is 4.35. The van der Waals surface area contributed by atoms with Crippen LogP contribution < -0.4 is 10.4 Å². The van der Waals surface area contributed by atoms with Gasteiger partial charge in [-0.1, -0.05) is 33.6 Å². The summed E-state index contributed by atoms with van der Waals surface area (Å²) in [6.45, 7) is 1.85. The van der Waals surface area contributed by atoms with Crippen LogP contribution in [-0.4, -0.2) is 16.9 Å². The number of hydrogen-bond acceptors (Lipinski definition) is 3. The van der Waals surface area contributed by atoms with Gasteiger partial charge in [-0.25, -0.2) is 5.01 Å². The first-order valence-corrected chi connectivity index (χ1v) is 8.16. The number of nitrogens with zero attached hydrogens (tertiary/aromatic N) is 1. The molecule has 2 amide bonds. The van der Waals surface area contributed by atoms with E-state index in [0.717, 1.165) is 10.6 Å². The number of rotatable bonds is 2. The van der Waals surface area contributed by atoms with Gasteiger partial charge in [-0.15, -0.1) is 0 Å². The zero-order valence-electron chi connectivity index (χ0n) is 12.5. The van der Waals surface area contributed by atoms with Gasteiger partial charge in [0.25, 0.3) is 11.8 Å². The highest BCUT2D eigenvalue weighted by atomic mass is 79.9. The summed E-state index contributed by atoms with van der Waals surface area (Å²) in [6, 6.07) is 9.68. The Morgan fingerprint density at radius 3 is 2.67 bits per heavy atom. The van der Waals surface area contributed by atoms with E-state index >= 15 is 0 Å². The number of hydrogen-bond donors (Lipinski definition) is 2. The van der Waals surface area contributed by atoms with Crippen molar-refractivity contribution in [3.8, 4) is 5.75 Å². The molecular weight excluding hydrogens is 396 g/mol. The van der Waals surface area contributed by atoms with Crippen LogP contribution >= 0.6 is 27.5 Å². The van der Waals surface area contributed by atoms with Crippen LogP contribution in [0.15, 0.2) is 46.4 Å². The Hall–Kier alpha value is -2.31. The number of anilines is 1. The smallest absolute Gasteiger partial charge is 0.282 e. The van der Waals surface area contributed by atoms with E-state index in [1.54, 1.807) is 24.3 Å². The summed E-state index contributed by atoms with van der Waals surface area (Å²) >= 11 is 9.41. The van der Waals surface area contributed by atoms with E-state index in [9.17, 15) is 14.7 Å². The quantitative estimate of drug-likeness (QED) is 0.590. The van der Waals surface area contributed by atoms with Crippen molar-refractivity contribution in [2.75, 3.05) is 5.01 Å². The molecule has 5 nitrogen and oxygen atoms in total. The van der Waals surface area contributed by atoms with Gasteiger partial charge in [0.2, 0.25) is 0 Å². The number of amides is 2. The van der Waals surface area contributed by atoms with E-state index in [0.29, 0.717) is 20.7 Å². The van der Waals surface area contributed by atoms with Crippen molar-refractivity contribution < 1.29 is 14.7 Å². The third kappa shape index (κ3) is 3.02. The molecule has 1 fully saturated rings.